The minimum Gasteiger partial charge on any atom is -0.484 e. The number of benzene rings is 2. The second-order valence-corrected chi connectivity index (χ2v) is 13.9. The van der Waals surface area contributed by atoms with Crippen LogP contribution in [-0.4, -0.2) is 103 Å². The molecule has 47 heavy (non-hydrogen) atoms. The molecule has 14 heteroatoms. The second kappa shape index (κ2) is 13.0. The first-order chi connectivity index (χ1) is 22.9. The summed E-state index contributed by atoms with van der Waals surface area (Å²) in [5.74, 6) is 2.29. The normalized spacial score (nSPS) is 15.3. The summed E-state index contributed by atoms with van der Waals surface area (Å²) >= 11 is 0. The van der Waals surface area contributed by atoms with Crippen LogP contribution in [0.2, 0.25) is 0 Å². The lowest BCUT2D eigenvalue weighted by Gasteiger charge is -2.37. The van der Waals surface area contributed by atoms with Gasteiger partial charge in [0.05, 0.1) is 27.8 Å². The SMILES string of the molecule is CN/C=C(\C=N)c1cc(Nc2nc(Nc3ccc4nccnc4c3P(C)C)c3cc[nH]c3n2)c2c(c1N1CCN(C)CC1)OCCO2. The maximum atomic E-state index is 8.28. The van der Waals surface area contributed by atoms with Crippen molar-refractivity contribution in [3.05, 3.63) is 54.6 Å². The molecule has 5 N–H and O–H groups in total. The van der Waals surface area contributed by atoms with Gasteiger partial charge in [0.25, 0.3) is 0 Å². The van der Waals surface area contributed by atoms with Crippen molar-refractivity contribution < 1.29 is 9.47 Å². The lowest BCUT2D eigenvalue weighted by Crippen LogP contribution is -2.45. The van der Waals surface area contributed by atoms with E-state index in [1.165, 1.54) is 6.21 Å². The number of rotatable bonds is 9. The number of nitrogens with one attached hydrogen (secondary N) is 5. The van der Waals surface area contributed by atoms with Crippen molar-refractivity contribution in [3.63, 3.8) is 0 Å². The number of hydrogen-bond acceptors (Lipinski definition) is 12. The Morgan fingerprint density at radius 2 is 1.77 bits per heavy atom. The summed E-state index contributed by atoms with van der Waals surface area (Å²) in [6, 6.07) is 7.99. The predicted molar refractivity (Wildman–Crippen MR) is 191 cm³/mol. The molecule has 2 aliphatic rings. The number of H-pyrrole nitrogens is 1. The zero-order valence-corrected chi connectivity index (χ0v) is 27.8. The molecule has 0 aliphatic carbocycles. The summed E-state index contributed by atoms with van der Waals surface area (Å²) in [6.45, 7) is 8.78. The van der Waals surface area contributed by atoms with E-state index >= 15 is 0 Å². The van der Waals surface area contributed by atoms with E-state index in [-0.39, 0.29) is 0 Å². The van der Waals surface area contributed by atoms with Crippen LogP contribution in [-0.2, 0) is 0 Å². The average molecular weight is 652 g/mol. The number of aromatic nitrogens is 5. The van der Waals surface area contributed by atoms with Crippen molar-refractivity contribution in [2.24, 2.45) is 0 Å². The fourth-order valence-corrected chi connectivity index (χ4v) is 7.33. The van der Waals surface area contributed by atoms with Gasteiger partial charge < -0.3 is 45.6 Å². The van der Waals surface area contributed by atoms with Crippen molar-refractivity contribution in [1.29, 1.82) is 5.41 Å². The first-order valence-electron chi connectivity index (χ1n) is 15.5. The number of allylic oxidation sites excluding steroid dienone is 1. The topological polar surface area (TPSA) is 152 Å². The highest BCUT2D eigenvalue weighted by atomic mass is 31.1. The molecular formula is C33H38N11O2P. The summed E-state index contributed by atoms with van der Waals surface area (Å²) in [7, 11) is 3.44. The molecule has 242 valence electrons. The standard InChI is InChI=1S/C33H38N11O2P/c1-35-19-20(18-34)22-17-25(28-29(46-16-15-45-28)27(22)44-13-11-43(2)12-14-44)40-33-41-31-21(7-8-38-31)32(42-33)39-24-6-5-23-26(30(24)47(3)4)37-10-9-36-23/h5-10,17-19,34-35H,11-16H2,1-4H3,(H3,38,39,40,41,42)/b20-19+,34-18?. The van der Waals surface area contributed by atoms with E-state index in [1.807, 2.05) is 43.7 Å². The summed E-state index contributed by atoms with van der Waals surface area (Å²) in [4.78, 5) is 26.9. The maximum Gasteiger partial charge on any atom is 0.231 e. The molecule has 0 unspecified atom stereocenters. The Labute approximate surface area is 274 Å². The summed E-state index contributed by atoms with van der Waals surface area (Å²) in [6.07, 6.45) is 8.49. The summed E-state index contributed by atoms with van der Waals surface area (Å²) < 4.78 is 12.6. The molecule has 0 saturated carbocycles. The predicted octanol–water partition coefficient (Wildman–Crippen LogP) is 4.49. The van der Waals surface area contributed by atoms with Gasteiger partial charge in [0.15, 0.2) is 11.5 Å². The smallest absolute Gasteiger partial charge is 0.231 e. The Kier molecular flexibility index (Phi) is 8.48. The summed E-state index contributed by atoms with van der Waals surface area (Å²) in [5.41, 5.74) is 6.51. The number of fused-ring (bicyclic) bond motifs is 3. The van der Waals surface area contributed by atoms with E-state index in [4.69, 9.17) is 24.9 Å². The Balaban J connectivity index is 1.33. The van der Waals surface area contributed by atoms with Crippen molar-refractivity contribution in [3.8, 4) is 11.5 Å². The second-order valence-electron chi connectivity index (χ2n) is 11.7. The molecule has 7 rings (SSSR count). The third kappa shape index (κ3) is 5.88. The van der Waals surface area contributed by atoms with Gasteiger partial charge in [-0.05, 0) is 44.6 Å². The van der Waals surface area contributed by atoms with Gasteiger partial charge in [-0.25, -0.2) is 0 Å². The highest BCUT2D eigenvalue weighted by Gasteiger charge is 2.30. The highest BCUT2D eigenvalue weighted by Crippen LogP contribution is 2.50. The van der Waals surface area contributed by atoms with Gasteiger partial charge in [0.1, 0.15) is 24.7 Å². The molecule has 1 saturated heterocycles. The first-order valence-corrected chi connectivity index (χ1v) is 17.8. The lowest BCUT2D eigenvalue weighted by molar-refractivity contribution is 0.172. The van der Waals surface area contributed by atoms with Crippen LogP contribution >= 0.6 is 7.92 Å². The molecule has 5 heterocycles. The van der Waals surface area contributed by atoms with Crippen LogP contribution in [0.3, 0.4) is 0 Å². The van der Waals surface area contributed by atoms with Crippen LogP contribution in [0.4, 0.5) is 28.8 Å². The van der Waals surface area contributed by atoms with Crippen LogP contribution in [0.1, 0.15) is 5.56 Å². The van der Waals surface area contributed by atoms with Gasteiger partial charge >= 0.3 is 0 Å². The fraction of sp³-hybridized carbons (Fsp3) is 0.303. The molecule has 0 bridgehead atoms. The van der Waals surface area contributed by atoms with Gasteiger partial charge in [-0.2, -0.15) is 9.97 Å². The van der Waals surface area contributed by atoms with Gasteiger partial charge in [0, 0.05) is 86.4 Å². The van der Waals surface area contributed by atoms with Gasteiger partial charge in [0.2, 0.25) is 5.95 Å². The Morgan fingerprint density at radius 3 is 2.53 bits per heavy atom. The van der Waals surface area contributed by atoms with Crippen molar-refractivity contribution >= 4 is 75.9 Å². The van der Waals surface area contributed by atoms with Crippen LogP contribution in [0, 0.1) is 5.41 Å². The monoisotopic (exact) mass is 651 g/mol. The largest absolute Gasteiger partial charge is 0.484 e. The van der Waals surface area contributed by atoms with Gasteiger partial charge in [-0.3, -0.25) is 9.97 Å². The maximum absolute atomic E-state index is 8.28. The van der Waals surface area contributed by atoms with E-state index in [0.717, 1.165) is 64.8 Å². The minimum atomic E-state index is -0.522. The molecule has 13 nitrogen and oxygen atoms in total. The van der Waals surface area contributed by atoms with Crippen LogP contribution in [0.5, 0.6) is 11.5 Å². The summed E-state index contributed by atoms with van der Waals surface area (Å²) in [5, 5.41) is 20.4. The zero-order chi connectivity index (χ0) is 32.5. The molecule has 2 aromatic carbocycles. The number of ether oxygens (including phenoxy) is 2. The number of aromatic amines is 1. The van der Waals surface area contributed by atoms with Crippen LogP contribution in [0.25, 0.3) is 27.6 Å². The van der Waals surface area contributed by atoms with Crippen molar-refractivity contribution in [2.45, 2.75) is 0 Å². The Morgan fingerprint density at radius 1 is 0.979 bits per heavy atom. The number of hydrogen-bond donors (Lipinski definition) is 5. The van der Waals surface area contributed by atoms with E-state index < -0.39 is 7.92 Å². The van der Waals surface area contributed by atoms with E-state index in [1.54, 1.807) is 12.4 Å². The van der Waals surface area contributed by atoms with Crippen LogP contribution in [0.15, 0.2) is 49.1 Å². The zero-order valence-electron chi connectivity index (χ0n) is 26.9. The number of nitrogens with zero attached hydrogens (tertiary/aromatic N) is 6. The third-order valence-corrected chi connectivity index (χ3v) is 9.70. The third-order valence-electron chi connectivity index (χ3n) is 8.35. The van der Waals surface area contributed by atoms with Crippen LogP contribution < -0.4 is 35.6 Å². The highest BCUT2D eigenvalue weighted by molar-refractivity contribution is 7.65. The van der Waals surface area contributed by atoms with E-state index in [0.29, 0.717) is 53.4 Å². The molecule has 1 fully saturated rings. The van der Waals surface area contributed by atoms with Gasteiger partial charge in [-0.15, -0.1) is 0 Å². The number of piperazine rings is 1. The molecule has 5 aromatic rings. The Hall–Kier alpha value is -5.00. The van der Waals surface area contributed by atoms with Gasteiger partial charge in [-0.1, -0.05) is 7.92 Å². The fourth-order valence-electron chi connectivity index (χ4n) is 6.12. The molecule has 0 atom stereocenters. The average Bonchev–Trinajstić information content (AvgIpc) is 3.56. The minimum absolute atomic E-state index is 0.378. The first kappa shape index (κ1) is 30.6. The van der Waals surface area contributed by atoms with Crippen molar-refractivity contribution in [1.82, 2.24) is 35.1 Å². The lowest BCUT2D eigenvalue weighted by atomic mass is 10.0. The number of likely N-dealkylation sites (N-methyl/N-ethyl adjacent to an activating group) is 1. The quantitative estimate of drug-likeness (QED) is 0.113. The molecule has 0 amide bonds. The molecular weight excluding hydrogens is 613 g/mol. The Bertz CT molecular complexity index is 1990. The van der Waals surface area contributed by atoms with E-state index in [9.17, 15) is 0 Å². The number of anilines is 5. The molecule has 3 aromatic heterocycles. The molecule has 2 aliphatic heterocycles. The van der Waals surface area contributed by atoms with Crippen molar-refractivity contribution in [2.75, 3.05) is 82.4 Å². The van der Waals surface area contributed by atoms with E-state index in [2.05, 4.69) is 61.1 Å². The molecule has 0 spiro atoms. The molecule has 0 radical (unpaired) electrons.